The van der Waals surface area contributed by atoms with Crippen LogP contribution in [0.25, 0.3) is 87.2 Å². The van der Waals surface area contributed by atoms with Crippen LogP contribution >= 0.6 is 11.3 Å². The van der Waals surface area contributed by atoms with Crippen molar-refractivity contribution in [3.63, 3.8) is 0 Å². The van der Waals surface area contributed by atoms with E-state index in [9.17, 15) is 0 Å². The summed E-state index contributed by atoms with van der Waals surface area (Å²) < 4.78 is 2.52. The number of rotatable bonds is 6. The van der Waals surface area contributed by atoms with Crippen molar-refractivity contribution in [3.8, 4) is 67.0 Å². The number of hydrogen-bond acceptors (Lipinski definition) is 4. The second-order valence-corrected chi connectivity index (χ2v) is 13.1. The fourth-order valence-corrected chi connectivity index (χ4v) is 8.14. The Balaban J connectivity index is 1.50. The lowest BCUT2D eigenvalue weighted by Gasteiger charge is -2.23. The molecule has 0 N–H and O–H groups in total. The lowest BCUT2D eigenvalue weighted by Crippen LogP contribution is -2.03. The lowest BCUT2D eigenvalue weighted by molar-refractivity contribution is 0.879. The van der Waals surface area contributed by atoms with Gasteiger partial charge in [-0.25, -0.2) is 0 Å². The summed E-state index contributed by atoms with van der Waals surface area (Å²) in [6.45, 7) is 0. The monoisotopic (exact) mass is 643 g/mol. The number of aromatic nitrogens is 3. The standard InChI is InChI=1S/C45H29N3S/c1-5-16-30(17-6-1)34-28-29-35(31-18-7-2-8-19-31)43(42(34)37-25-15-27-39-41(37)36-24-13-14-26-38(36)49-39)45-40(32-20-9-3-10-21-32)44(46-48-47-45)33-22-11-4-12-23-33/h1-29H. The maximum absolute atomic E-state index is 4.99. The summed E-state index contributed by atoms with van der Waals surface area (Å²) in [7, 11) is 0. The predicted octanol–water partition coefficient (Wildman–Crippen LogP) is 12.2. The molecule has 7 aromatic carbocycles. The van der Waals surface area contributed by atoms with Gasteiger partial charge in [0.1, 0.15) is 11.4 Å². The van der Waals surface area contributed by atoms with Crippen LogP contribution in [0.4, 0.5) is 0 Å². The summed E-state index contributed by atoms with van der Waals surface area (Å²) >= 11 is 1.84. The molecule has 0 aliphatic carbocycles. The minimum atomic E-state index is 0.795. The first-order valence-electron chi connectivity index (χ1n) is 16.4. The Hall–Kier alpha value is -6.23. The van der Waals surface area contributed by atoms with Gasteiger partial charge in [-0.2, -0.15) is 0 Å². The maximum Gasteiger partial charge on any atom is 0.106 e. The van der Waals surface area contributed by atoms with Gasteiger partial charge in [-0.15, -0.1) is 21.5 Å². The molecule has 0 radical (unpaired) electrons. The Bertz CT molecular complexity index is 2580. The van der Waals surface area contributed by atoms with Crippen molar-refractivity contribution in [2.24, 2.45) is 0 Å². The topological polar surface area (TPSA) is 38.7 Å². The molecule has 230 valence electrons. The molecule has 0 bridgehead atoms. The Kier molecular flexibility index (Phi) is 7.34. The van der Waals surface area contributed by atoms with Crippen molar-refractivity contribution in [2.45, 2.75) is 0 Å². The van der Waals surface area contributed by atoms with Crippen molar-refractivity contribution in [3.05, 3.63) is 176 Å². The van der Waals surface area contributed by atoms with Gasteiger partial charge in [0, 0.05) is 42.4 Å². The highest BCUT2D eigenvalue weighted by Gasteiger charge is 2.27. The average Bonchev–Trinajstić information content (AvgIpc) is 3.58. The molecule has 2 heterocycles. The molecule has 9 rings (SSSR count). The van der Waals surface area contributed by atoms with E-state index in [-0.39, 0.29) is 0 Å². The number of benzene rings is 7. The third-order valence-electron chi connectivity index (χ3n) is 9.16. The molecule has 3 nitrogen and oxygen atoms in total. The molecule has 0 unspecified atom stereocenters. The lowest BCUT2D eigenvalue weighted by atomic mass is 9.81. The molecule has 0 aliphatic heterocycles. The minimum Gasteiger partial charge on any atom is -0.135 e. The van der Waals surface area contributed by atoms with E-state index >= 15 is 0 Å². The molecule has 4 heteroatoms. The first-order chi connectivity index (χ1) is 24.3. The van der Waals surface area contributed by atoms with Gasteiger partial charge in [0.15, 0.2) is 0 Å². The largest absolute Gasteiger partial charge is 0.135 e. The fraction of sp³-hybridized carbons (Fsp3) is 0. The number of thiophene rings is 1. The van der Waals surface area contributed by atoms with E-state index in [0.717, 1.165) is 61.5 Å². The Morgan fingerprint density at radius 2 is 0.837 bits per heavy atom. The van der Waals surface area contributed by atoms with Crippen LogP contribution in [-0.4, -0.2) is 15.4 Å². The molecule has 0 saturated carbocycles. The highest BCUT2D eigenvalue weighted by molar-refractivity contribution is 7.25. The predicted molar refractivity (Wildman–Crippen MR) is 205 cm³/mol. The zero-order valence-corrected chi connectivity index (χ0v) is 27.3. The fourth-order valence-electron chi connectivity index (χ4n) is 7.00. The highest BCUT2D eigenvalue weighted by Crippen LogP contribution is 2.51. The van der Waals surface area contributed by atoms with Gasteiger partial charge >= 0.3 is 0 Å². The second-order valence-electron chi connectivity index (χ2n) is 12.0. The molecular weight excluding hydrogens is 615 g/mol. The zero-order chi connectivity index (χ0) is 32.6. The van der Waals surface area contributed by atoms with Crippen LogP contribution in [0.15, 0.2) is 176 Å². The molecule has 9 aromatic rings. The van der Waals surface area contributed by atoms with Crippen LogP contribution in [0.2, 0.25) is 0 Å². The van der Waals surface area contributed by atoms with Gasteiger partial charge < -0.3 is 0 Å². The van der Waals surface area contributed by atoms with E-state index in [1.165, 1.54) is 25.7 Å². The van der Waals surface area contributed by atoms with Crippen LogP contribution in [0, 0.1) is 0 Å². The molecular formula is C45H29N3S. The van der Waals surface area contributed by atoms with Gasteiger partial charge in [0.25, 0.3) is 0 Å². The molecule has 0 aliphatic rings. The molecule has 0 amide bonds. The van der Waals surface area contributed by atoms with Crippen molar-refractivity contribution in [1.82, 2.24) is 15.4 Å². The Morgan fingerprint density at radius 1 is 0.327 bits per heavy atom. The highest BCUT2D eigenvalue weighted by atomic mass is 32.1. The summed E-state index contributed by atoms with van der Waals surface area (Å²) in [4.78, 5) is 0. The normalized spacial score (nSPS) is 11.3. The Labute approximate surface area is 288 Å². The van der Waals surface area contributed by atoms with E-state index in [1.54, 1.807) is 0 Å². The van der Waals surface area contributed by atoms with Crippen LogP contribution in [-0.2, 0) is 0 Å². The molecule has 2 aromatic heterocycles. The summed E-state index contributed by atoms with van der Waals surface area (Å²) in [5.41, 5.74) is 12.4. The summed E-state index contributed by atoms with van der Waals surface area (Å²) in [5, 5.41) is 16.7. The van der Waals surface area contributed by atoms with Crippen molar-refractivity contribution in [2.75, 3.05) is 0 Å². The van der Waals surface area contributed by atoms with E-state index in [2.05, 4.69) is 157 Å². The number of hydrogen-bond donors (Lipinski definition) is 0. The van der Waals surface area contributed by atoms with E-state index in [1.807, 2.05) is 35.6 Å². The molecule has 0 atom stereocenters. The van der Waals surface area contributed by atoms with Crippen molar-refractivity contribution < 1.29 is 0 Å². The SMILES string of the molecule is c1ccc(-c2ccc(-c3ccccc3)c(-c3cccc4sc5ccccc5c34)c2-c2nnnc(-c3ccccc3)c2-c2ccccc2)cc1. The summed E-state index contributed by atoms with van der Waals surface area (Å²) in [6.07, 6.45) is 0. The molecule has 0 spiro atoms. The summed E-state index contributed by atoms with van der Waals surface area (Å²) in [5.74, 6) is 0. The van der Waals surface area contributed by atoms with Gasteiger partial charge in [0.2, 0.25) is 0 Å². The molecule has 0 saturated heterocycles. The average molecular weight is 644 g/mol. The Morgan fingerprint density at radius 3 is 1.49 bits per heavy atom. The maximum atomic E-state index is 4.99. The first kappa shape index (κ1) is 29.0. The van der Waals surface area contributed by atoms with Crippen LogP contribution in [0.1, 0.15) is 0 Å². The summed E-state index contributed by atoms with van der Waals surface area (Å²) in [6, 6.07) is 62.1. The third-order valence-corrected chi connectivity index (χ3v) is 10.3. The van der Waals surface area contributed by atoms with Gasteiger partial charge in [-0.05, 0) is 50.7 Å². The minimum absolute atomic E-state index is 0.795. The second kappa shape index (κ2) is 12.4. The van der Waals surface area contributed by atoms with Gasteiger partial charge in [-0.3, -0.25) is 0 Å². The van der Waals surface area contributed by atoms with E-state index in [4.69, 9.17) is 10.2 Å². The van der Waals surface area contributed by atoms with Crippen LogP contribution < -0.4 is 0 Å². The number of nitrogens with zero attached hydrogens (tertiary/aromatic N) is 3. The van der Waals surface area contributed by atoms with Gasteiger partial charge in [0.05, 0.1) is 0 Å². The molecule has 0 fully saturated rings. The number of fused-ring (bicyclic) bond motifs is 3. The smallest absolute Gasteiger partial charge is 0.106 e. The van der Waals surface area contributed by atoms with Crippen LogP contribution in [0.3, 0.4) is 0 Å². The quantitative estimate of drug-likeness (QED) is 0.181. The van der Waals surface area contributed by atoms with E-state index in [0.29, 0.717) is 0 Å². The molecule has 49 heavy (non-hydrogen) atoms. The van der Waals surface area contributed by atoms with Crippen molar-refractivity contribution in [1.29, 1.82) is 0 Å². The van der Waals surface area contributed by atoms with Gasteiger partial charge in [-0.1, -0.05) is 164 Å². The van der Waals surface area contributed by atoms with Crippen molar-refractivity contribution >= 4 is 31.5 Å². The zero-order valence-electron chi connectivity index (χ0n) is 26.5. The third kappa shape index (κ3) is 5.10. The first-order valence-corrected chi connectivity index (χ1v) is 17.2. The van der Waals surface area contributed by atoms with Crippen LogP contribution in [0.5, 0.6) is 0 Å². The van der Waals surface area contributed by atoms with E-state index < -0.39 is 0 Å².